The summed E-state index contributed by atoms with van der Waals surface area (Å²) in [6.07, 6.45) is 3.63. The smallest absolute Gasteiger partial charge is 0.160 e. The third kappa shape index (κ3) is 5.62. The number of rotatable bonds is 9. The Morgan fingerprint density at radius 3 is 2.58 bits per heavy atom. The van der Waals surface area contributed by atoms with Gasteiger partial charge in [-0.05, 0) is 50.0 Å². The maximum absolute atomic E-state index is 8.42. The van der Waals surface area contributed by atoms with Gasteiger partial charge in [-0.15, -0.1) is 0 Å². The third-order valence-electron chi connectivity index (χ3n) is 2.93. The number of unbranched alkanes of at least 4 members (excludes halogenated alkanes) is 2. The van der Waals surface area contributed by atoms with E-state index in [1.807, 2.05) is 12.1 Å². The van der Waals surface area contributed by atoms with Crippen molar-refractivity contribution in [3.63, 3.8) is 0 Å². The van der Waals surface area contributed by atoms with Gasteiger partial charge in [0, 0.05) is 6.42 Å². The molecule has 0 atom stereocenters. The summed E-state index contributed by atoms with van der Waals surface area (Å²) in [4.78, 5) is 0. The zero-order chi connectivity index (χ0) is 13.9. The van der Waals surface area contributed by atoms with Crippen LogP contribution >= 0.6 is 0 Å². The first-order valence-electron chi connectivity index (χ1n) is 6.60. The van der Waals surface area contributed by atoms with Crippen LogP contribution in [0.4, 0.5) is 0 Å². The zero-order valence-corrected chi connectivity index (χ0v) is 11.7. The van der Waals surface area contributed by atoms with Crippen molar-refractivity contribution in [3.8, 4) is 17.6 Å². The van der Waals surface area contributed by atoms with E-state index < -0.39 is 0 Å². The SMILES string of the molecule is COc1ccc(CCNCCCCC#N)cc1OC. The first kappa shape index (κ1) is 15.3. The Labute approximate surface area is 115 Å². The van der Waals surface area contributed by atoms with Crippen LogP contribution in [0.2, 0.25) is 0 Å². The minimum Gasteiger partial charge on any atom is -0.493 e. The molecular formula is C15H22N2O2. The minimum absolute atomic E-state index is 0.650. The van der Waals surface area contributed by atoms with E-state index in [0.717, 1.165) is 43.9 Å². The van der Waals surface area contributed by atoms with Gasteiger partial charge in [-0.1, -0.05) is 6.07 Å². The molecule has 0 aliphatic carbocycles. The highest BCUT2D eigenvalue weighted by Gasteiger charge is 2.03. The number of methoxy groups -OCH3 is 2. The van der Waals surface area contributed by atoms with Crippen LogP contribution in [0, 0.1) is 11.3 Å². The predicted octanol–water partition coefficient (Wildman–Crippen LogP) is 2.53. The maximum atomic E-state index is 8.42. The van der Waals surface area contributed by atoms with Crippen LogP contribution in [0.15, 0.2) is 18.2 Å². The average molecular weight is 262 g/mol. The lowest BCUT2D eigenvalue weighted by Gasteiger charge is -2.10. The molecule has 1 N–H and O–H groups in total. The summed E-state index contributed by atoms with van der Waals surface area (Å²) in [5, 5.41) is 11.8. The summed E-state index contributed by atoms with van der Waals surface area (Å²) in [5.74, 6) is 1.53. The summed E-state index contributed by atoms with van der Waals surface area (Å²) in [5.41, 5.74) is 1.22. The molecule has 0 fully saturated rings. The predicted molar refractivity (Wildman–Crippen MR) is 75.6 cm³/mol. The Bertz CT molecular complexity index is 413. The number of nitrogens with one attached hydrogen (secondary N) is 1. The molecule has 0 aliphatic rings. The molecule has 0 bridgehead atoms. The molecule has 0 saturated carbocycles. The van der Waals surface area contributed by atoms with Crippen molar-refractivity contribution in [2.45, 2.75) is 25.7 Å². The number of ether oxygens (including phenoxy) is 2. The van der Waals surface area contributed by atoms with Gasteiger partial charge in [0.25, 0.3) is 0 Å². The molecule has 4 heteroatoms. The molecular weight excluding hydrogens is 240 g/mol. The van der Waals surface area contributed by atoms with E-state index in [2.05, 4.69) is 17.5 Å². The number of hydrogen-bond donors (Lipinski definition) is 1. The standard InChI is InChI=1S/C15H22N2O2/c1-18-14-7-6-13(12-15(14)19-2)8-11-17-10-5-3-4-9-16/h6-7,12,17H,3-5,8,10-11H2,1-2H3. The topological polar surface area (TPSA) is 54.3 Å². The van der Waals surface area contributed by atoms with Crippen molar-refractivity contribution in [2.24, 2.45) is 0 Å². The Kier molecular flexibility index (Phi) is 7.45. The van der Waals surface area contributed by atoms with Crippen LogP contribution in [0.5, 0.6) is 11.5 Å². The van der Waals surface area contributed by atoms with Crippen molar-refractivity contribution < 1.29 is 9.47 Å². The van der Waals surface area contributed by atoms with Crippen LogP contribution in [-0.4, -0.2) is 27.3 Å². The highest BCUT2D eigenvalue weighted by molar-refractivity contribution is 5.42. The zero-order valence-electron chi connectivity index (χ0n) is 11.7. The molecule has 104 valence electrons. The molecule has 1 aromatic rings. The molecule has 0 aliphatic heterocycles. The van der Waals surface area contributed by atoms with Crippen molar-refractivity contribution in [1.29, 1.82) is 5.26 Å². The van der Waals surface area contributed by atoms with E-state index in [-0.39, 0.29) is 0 Å². The van der Waals surface area contributed by atoms with Gasteiger partial charge in [0.05, 0.1) is 20.3 Å². The van der Waals surface area contributed by atoms with Gasteiger partial charge >= 0.3 is 0 Å². The molecule has 0 unspecified atom stereocenters. The lowest BCUT2D eigenvalue weighted by atomic mass is 10.1. The van der Waals surface area contributed by atoms with Gasteiger partial charge < -0.3 is 14.8 Å². The second-order valence-electron chi connectivity index (χ2n) is 4.30. The Hall–Kier alpha value is -1.73. The monoisotopic (exact) mass is 262 g/mol. The van der Waals surface area contributed by atoms with E-state index in [9.17, 15) is 0 Å². The molecule has 0 radical (unpaired) electrons. The number of nitrogens with zero attached hydrogens (tertiary/aromatic N) is 1. The molecule has 0 heterocycles. The van der Waals surface area contributed by atoms with Crippen molar-refractivity contribution in [1.82, 2.24) is 5.32 Å². The van der Waals surface area contributed by atoms with Gasteiger partial charge in [-0.25, -0.2) is 0 Å². The van der Waals surface area contributed by atoms with E-state index >= 15 is 0 Å². The summed E-state index contributed by atoms with van der Waals surface area (Å²) in [6, 6.07) is 8.15. The molecule has 4 nitrogen and oxygen atoms in total. The average Bonchev–Trinajstić information content (AvgIpc) is 2.46. The van der Waals surface area contributed by atoms with Crippen molar-refractivity contribution >= 4 is 0 Å². The minimum atomic E-state index is 0.650. The molecule has 0 amide bonds. The largest absolute Gasteiger partial charge is 0.493 e. The molecule has 1 aromatic carbocycles. The molecule has 0 aromatic heterocycles. The van der Waals surface area contributed by atoms with Crippen LogP contribution in [0.1, 0.15) is 24.8 Å². The van der Waals surface area contributed by atoms with E-state index in [4.69, 9.17) is 14.7 Å². The van der Waals surface area contributed by atoms with Gasteiger partial charge in [-0.3, -0.25) is 0 Å². The quantitative estimate of drug-likeness (QED) is 0.695. The van der Waals surface area contributed by atoms with E-state index in [1.54, 1.807) is 14.2 Å². The second-order valence-corrected chi connectivity index (χ2v) is 4.30. The molecule has 1 rings (SSSR count). The highest BCUT2D eigenvalue weighted by atomic mass is 16.5. The molecule has 0 saturated heterocycles. The fraction of sp³-hybridized carbons (Fsp3) is 0.533. The summed E-state index contributed by atoms with van der Waals surface area (Å²) < 4.78 is 10.5. The van der Waals surface area contributed by atoms with Gasteiger partial charge in [0.1, 0.15) is 0 Å². The Morgan fingerprint density at radius 2 is 1.89 bits per heavy atom. The summed E-state index contributed by atoms with van der Waals surface area (Å²) in [7, 11) is 3.29. The first-order valence-corrected chi connectivity index (χ1v) is 6.60. The lowest BCUT2D eigenvalue weighted by molar-refractivity contribution is 0.354. The fourth-order valence-corrected chi connectivity index (χ4v) is 1.85. The van der Waals surface area contributed by atoms with Crippen LogP contribution in [0.3, 0.4) is 0 Å². The summed E-state index contributed by atoms with van der Waals surface area (Å²) in [6.45, 7) is 1.90. The van der Waals surface area contributed by atoms with Gasteiger partial charge in [0.2, 0.25) is 0 Å². The lowest BCUT2D eigenvalue weighted by Crippen LogP contribution is -2.18. The first-order chi connectivity index (χ1) is 9.31. The van der Waals surface area contributed by atoms with Crippen LogP contribution in [0.25, 0.3) is 0 Å². The van der Waals surface area contributed by atoms with Gasteiger partial charge in [0.15, 0.2) is 11.5 Å². The van der Waals surface area contributed by atoms with E-state index in [1.165, 1.54) is 5.56 Å². The van der Waals surface area contributed by atoms with Gasteiger partial charge in [-0.2, -0.15) is 5.26 Å². The van der Waals surface area contributed by atoms with E-state index in [0.29, 0.717) is 6.42 Å². The molecule has 0 spiro atoms. The van der Waals surface area contributed by atoms with Crippen molar-refractivity contribution in [2.75, 3.05) is 27.3 Å². The van der Waals surface area contributed by atoms with Crippen LogP contribution in [-0.2, 0) is 6.42 Å². The van der Waals surface area contributed by atoms with Crippen LogP contribution < -0.4 is 14.8 Å². The summed E-state index contributed by atoms with van der Waals surface area (Å²) >= 11 is 0. The maximum Gasteiger partial charge on any atom is 0.160 e. The molecule has 19 heavy (non-hydrogen) atoms. The fourth-order valence-electron chi connectivity index (χ4n) is 1.85. The van der Waals surface area contributed by atoms with Crippen molar-refractivity contribution in [3.05, 3.63) is 23.8 Å². The number of hydrogen-bond acceptors (Lipinski definition) is 4. The second kappa shape index (κ2) is 9.23. The normalized spacial score (nSPS) is 9.95. The number of nitriles is 1. The Balaban J connectivity index is 2.28. The Morgan fingerprint density at radius 1 is 1.11 bits per heavy atom. The number of benzene rings is 1. The highest BCUT2D eigenvalue weighted by Crippen LogP contribution is 2.27. The third-order valence-corrected chi connectivity index (χ3v) is 2.93.